The third-order valence-electron chi connectivity index (χ3n) is 3.19. The summed E-state index contributed by atoms with van der Waals surface area (Å²) in [6.07, 6.45) is 1.15. The van der Waals surface area contributed by atoms with Crippen molar-refractivity contribution in [1.29, 1.82) is 0 Å². The van der Waals surface area contributed by atoms with E-state index in [4.69, 9.17) is 5.73 Å². The topological polar surface area (TPSA) is 38.0 Å². The fraction of sp³-hybridized carbons (Fsp3) is 0.600. The number of hydrogen-bond acceptors (Lipinski definition) is 2. The van der Waals surface area contributed by atoms with E-state index >= 15 is 0 Å². The molecule has 0 saturated heterocycles. The lowest BCUT2D eigenvalue weighted by Crippen LogP contribution is -2.20. The molecule has 17 heavy (non-hydrogen) atoms. The van der Waals surface area contributed by atoms with Crippen LogP contribution in [0.25, 0.3) is 0 Å². The summed E-state index contributed by atoms with van der Waals surface area (Å²) in [4.78, 5) is 0. The molecule has 0 bridgehead atoms. The minimum atomic E-state index is 0.613. The fourth-order valence-electron chi connectivity index (χ4n) is 1.72. The molecular formula is C15H26N2. The van der Waals surface area contributed by atoms with Gasteiger partial charge in [0.1, 0.15) is 0 Å². The van der Waals surface area contributed by atoms with E-state index in [2.05, 4.69) is 50.4 Å². The number of nitrogens with two attached hydrogens (primary N) is 1. The molecule has 0 aliphatic carbocycles. The van der Waals surface area contributed by atoms with Gasteiger partial charge in [0.2, 0.25) is 0 Å². The first kappa shape index (κ1) is 14.2. The Bertz CT molecular complexity index is 303. The lowest BCUT2D eigenvalue weighted by atomic mass is 10.0. The normalized spacial score (nSPS) is 13.0. The monoisotopic (exact) mass is 234 g/mol. The van der Waals surface area contributed by atoms with Gasteiger partial charge >= 0.3 is 0 Å². The fourth-order valence-corrected chi connectivity index (χ4v) is 1.72. The van der Waals surface area contributed by atoms with Crippen molar-refractivity contribution in [2.24, 2.45) is 11.7 Å². The maximum absolute atomic E-state index is 5.58. The van der Waals surface area contributed by atoms with Crippen molar-refractivity contribution < 1.29 is 0 Å². The molecule has 1 atom stereocenters. The van der Waals surface area contributed by atoms with Crippen molar-refractivity contribution in [1.82, 2.24) is 5.32 Å². The third-order valence-corrected chi connectivity index (χ3v) is 3.19. The van der Waals surface area contributed by atoms with Gasteiger partial charge < -0.3 is 11.1 Å². The highest BCUT2D eigenvalue weighted by Crippen LogP contribution is 2.14. The van der Waals surface area contributed by atoms with Crippen molar-refractivity contribution in [3.8, 4) is 0 Å². The standard InChI is InChI=1S/C15H26N2/c1-12(2)15-6-4-14(5-7-15)11-17-9-8-13(3)10-16/h4-7,12-13,17H,8-11,16H2,1-3H3. The van der Waals surface area contributed by atoms with Crippen molar-refractivity contribution in [3.05, 3.63) is 35.4 Å². The van der Waals surface area contributed by atoms with Crippen LogP contribution in [0.2, 0.25) is 0 Å². The second-order valence-corrected chi connectivity index (χ2v) is 5.20. The molecule has 1 rings (SSSR count). The van der Waals surface area contributed by atoms with Crippen molar-refractivity contribution in [3.63, 3.8) is 0 Å². The molecule has 2 nitrogen and oxygen atoms in total. The third kappa shape index (κ3) is 5.33. The first-order valence-electron chi connectivity index (χ1n) is 6.63. The second-order valence-electron chi connectivity index (χ2n) is 5.20. The van der Waals surface area contributed by atoms with E-state index < -0.39 is 0 Å². The Labute approximate surface area is 106 Å². The molecule has 1 unspecified atom stereocenters. The van der Waals surface area contributed by atoms with Gasteiger partial charge in [-0.25, -0.2) is 0 Å². The highest BCUT2D eigenvalue weighted by molar-refractivity contribution is 5.24. The van der Waals surface area contributed by atoms with E-state index in [1.54, 1.807) is 0 Å². The van der Waals surface area contributed by atoms with Gasteiger partial charge in [-0.3, -0.25) is 0 Å². The first-order chi connectivity index (χ1) is 8.13. The summed E-state index contributed by atoms with van der Waals surface area (Å²) < 4.78 is 0. The number of hydrogen-bond donors (Lipinski definition) is 2. The molecule has 0 spiro atoms. The number of benzene rings is 1. The molecule has 96 valence electrons. The van der Waals surface area contributed by atoms with Crippen molar-refractivity contribution in [2.75, 3.05) is 13.1 Å². The second kappa shape index (κ2) is 7.46. The summed E-state index contributed by atoms with van der Waals surface area (Å²) in [7, 11) is 0. The van der Waals surface area contributed by atoms with Crippen molar-refractivity contribution in [2.45, 2.75) is 39.7 Å². The van der Waals surface area contributed by atoms with Crippen LogP contribution in [-0.2, 0) is 6.54 Å². The average Bonchev–Trinajstić information content (AvgIpc) is 2.34. The Morgan fingerprint density at radius 3 is 2.29 bits per heavy atom. The van der Waals surface area contributed by atoms with Crippen LogP contribution in [0, 0.1) is 5.92 Å². The predicted molar refractivity (Wildman–Crippen MR) is 75.1 cm³/mol. The van der Waals surface area contributed by atoms with Gasteiger partial charge in [0.25, 0.3) is 0 Å². The maximum atomic E-state index is 5.58. The Morgan fingerprint density at radius 1 is 1.12 bits per heavy atom. The van der Waals surface area contributed by atoms with E-state index in [1.165, 1.54) is 11.1 Å². The Kier molecular flexibility index (Phi) is 6.23. The van der Waals surface area contributed by atoms with Gasteiger partial charge in [-0.1, -0.05) is 45.0 Å². The van der Waals surface area contributed by atoms with Crippen LogP contribution in [0.5, 0.6) is 0 Å². The summed E-state index contributed by atoms with van der Waals surface area (Å²) in [5.41, 5.74) is 8.35. The van der Waals surface area contributed by atoms with Crippen LogP contribution < -0.4 is 11.1 Å². The minimum Gasteiger partial charge on any atom is -0.330 e. The van der Waals surface area contributed by atoms with Crippen LogP contribution in [0.3, 0.4) is 0 Å². The SMILES string of the molecule is CC(CN)CCNCc1ccc(C(C)C)cc1. The highest BCUT2D eigenvalue weighted by atomic mass is 14.8. The van der Waals surface area contributed by atoms with E-state index in [1.807, 2.05) is 0 Å². The molecule has 0 aromatic heterocycles. The smallest absolute Gasteiger partial charge is 0.0205 e. The molecule has 3 N–H and O–H groups in total. The largest absolute Gasteiger partial charge is 0.330 e. The van der Waals surface area contributed by atoms with Crippen molar-refractivity contribution >= 4 is 0 Å². The van der Waals surface area contributed by atoms with Crippen LogP contribution in [0.15, 0.2) is 24.3 Å². The summed E-state index contributed by atoms with van der Waals surface area (Å²) in [5, 5.41) is 3.46. The van der Waals surface area contributed by atoms with Crippen LogP contribution in [0.4, 0.5) is 0 Å². The van der Waals surface area contributed by atoms with Gasteiger partial charge in [-0.15, -0.1) is 0 Å². The summed E-state index contributed by atoms with van der Waals surface area (Å²) in [6.45, 7) is 9.42. The zero-order chi connectivity index (χ0) is 12.7. The Hall–Kier alpha value is -0.860. The summed E-state index contributed by atoms with van der Waals surface area (Å²) in [6, 6.07) is 8.89. The van der Waals surface area contributed by atoms with Crippen LogP contribution >= 0.6 is 0 Å². The number of nitrogens with one attached hydrogen (secondary N) is 1. The van der Waals surface area contributed by atoms with Crippen LogP contribution in [0.1, 0.15) is 44.2 Å². The highest BCUT2D eigenvalue weighted by Gasteiger charge is 2.00. The number of rotatable bonds is 7. The van der Waals surface area contributed by atoms with Gasteiger partial charge in [-0.05, 0) is 42.5 Å². The van der Waals surface area contributed by atoms with Crippen LogP contribution in [-0.4, -0.2) is 13.1 Å². The molecule has 0 heterocycles. The molecule has 0 aliphatic rings. The zero-order valence-corrected chi connectivity index (χ0v) is 11.4. The molecule has 0 aliphatic heterocycles. The molecular weight excluding hydrogens is 208 g/mol. The molecule has 0 amide bonds. The molecule has 0 radical (unpaired) electrons. The van der Waals surface area contributed by atoms with E-state index in [0.717, 1.165) is 26.1 Å². The minimum absolute atomic E-state index is 0.613. The maximum Gasteiger partial charge on any atom is 0.0205 e. The van der Waals surface area contributed by atoms with Gasteiger partial charge in [0.05, 0.1) is 0 Å². The first-order valence-corrected chi connectivity index (χ1v) is 6.63. The quantitative estimate of drug-likeness (QED) is 0.712. The predicted octanol–water partition coefficient (Wildman–Crippen LogP) is 2.88. The Balaban J connectivity index is 2.28. The molecule has 0 saturated carbocycles. The summed E-state index contributed by atoms with van der Waals surface area (Å²) in [5.74, 6) is 1.23. The van der Waals surface area contributed by atoms with Gasteiger partial charge in [0, 0.05) is 6.54 Å². The molecule has 0 fully saturated rings. The summed E-state index contributed by atoms with van der Waals surface area (Å²) >= 11 is 0. The Morgan fingerprint density at radius 2 is 1.76 bits per heavy atom. The van der Waals surface area contributed by atoms with Gasteiger partial charge in [0.15, 0.2) is 0 Å². The lowest BCUT2D eigenvalue weighted by molar-refractivity contribution is 0.509. The van der Waals surface area contributed by atoms with E-state index in [-0.39, 0.29) is 0 Å². The molecule has 2 heteroatoms. The lowest BCUT2D eigenvalue weighted by Gasteiger charge is -2.10. The van der Waals surface area contributed by atoms with Gasteiger partial charge in [-0.2, -0.15) is 0 Å². The molecule has 1 aromatic carbocycles. The molecule has 1 aromatic rings. The van der Waals surface area contributed by atoms with E-state index in [9.17, 15) is 0 Å². The van der Waals surface area contributed by atoms with E-state index in [0.29, 0.717) is 11.8 Å². The average molecular weight is 234 g/mol. The zero-order valence-electron chi connectivity index (χ0n) is 11.4.